The molecule has 0 radical (unpaired) electrons. The van der Waals surface area contributed by atoms with Gasteiger partial charge in [-0.1, -0.05) is 12.1 Å². The van der Waals surface area contributed by atoms with E-state index in [0.717, 1.165) is 25.0 Å². The molecule has 38 heavy (non-hydrogen) atoms. The summed E-state index contributed by atoms with van der Waals surface area (Å²) in [6.45, 7) is -0.259. The zero-order valence-electron chi connectivity index (χ0n) is 19.6. The SMILES string of the molecule is O=C1N[C@@](c2ccc(OCCCC(F)(F)F)cc2)(C(F)(F)F)CC(c2ccn(C3CC3)n2)=C1c1nnn[nH]1. The molecule has 0 spiro atoms. The van der Waals surface area contributed by atoms with Crippen LogP contribution in [0.2, 0.25) is 0 Å². The molecule has 2 aromatic heterocycles. The van der Waals surface area contributed by atoms with Gasteiger partial charge in [0.1, 0.15) is 5.75 Å². The van der Waals surface area contributed by atoms with E-state index in [-0.39, 0.29) is 53.0 Å². The van der Waals surface area contributed by atoms with E-state index in [1.807, 2.05) is 0 Å². The number of tetrazole rings is 1. The Labute approximate surface area is 211 Å². The zero-order valence-corrected chi connectivity index (χ0v) is 19.6. The molecule has 9 nitrogen and oxygen atoms in total. The molecule has 3 heterocycles. The van der Waals surface area contributed by atoms with Gasteiger partial charge in [-0.15, -0.1) is 5.10 Å². The van der Waals surface area contributed by atoms with Gasteiger partial charge in [0.25, 0.3) is 5.91 Å². The highest BCUT2D eigenvalue weighted by molar-refractivity contribution is 6.27. The van der Waals surface area contributed by atoms with Crippen molar-refractivity contribution in [2.75, 3.05) is 6.61 Å². The van der Waals surface area contributed by atoms with E-state index in [1.54, 1.807) is 16.9 Å². The topological polar surface area (TPSA) is 111 Å². The van der Waals surface area contributed by atoms with Crippen molar-refractivity contribution in [3.05, 3.63) is 53.6 Å². The fourth-order valence-corrected chi connectivity index (χ4v) is 4.37. The van der Waals surface area contributed by atoms with Crippen molar-refractivity contribution in [3.63, 3.8) is 0 Å². The predicted octanol–water partition coefficient (Wildman–Crippen LogP) is 4.34. The van der Waals surface area contributed by atoms with Gasteiger partial charge in [0.15, 0.2) is 11.4 Å². The molecule has 1 aromatic carbocycles. The number of hydrogen-bond acceptors (Lipinski definition) is 6. The number of carbonyl (C=O) groups is 1. The van der Waals surface area contributed by atoms with E-state index < -0.39 is 36.6 Å². The number of nitrogens with zero attached hydrogens (tertiary/aromatic N) is 5. The highest BCUT2D eigenvalue weighted by Gasteiger charge is 2.60. The summed E-state index contributed by atoms with van der Waals surface area (Å²) >= 11 is 0. The second-order valence-electron chi connectivity index (χ2n) is 9.14. The number of hydrogen-bond donors (Lipinski definition) is 2. The Morgan fingerprint density at radius 1 is 1.08 bits per heavy atom. The fourth-order valence-electron chi connectivity index (χ4n) is 4.37. The van der Waals surface area contributed by atoms with Crippen LogP contribution in [-0.2, 0) is 10.3 Å². The number of aromatic amines is 1. The Bertz CT molecular complexity index is 1330. The number of alkyl halides is 6. The quantitative estimate of drug-likeness (QED) is 0.324. The van der Waals surface area contributed by atoms with Gasteiger partial charge in [-0.3, -0.25) is 9.48 Å². The van der Waals surface area contributed by atoms with Gasteiger partial charge >= 0.3 is 12.4 Å². The first-order valence-electron chi connectivity index (χ1n) is 11.7. The number of amides is 1. The van der Waals surface area contributed by atoms with Crippen LogP contribution in [0.15, 0.2) is 36.5 Å². The smallest absolute Gasteiger partial charge is 0.416 e. The number of ether oxygens (including phenoxy) is 1. The van der Waals surface area contributed by atoms with Crippen molar-refractivity contribution in [3.8, 4) is 5.75 Å². The molecule has 0 saturated heterocycles. The van der Waals surface area contributed by atoms with Gasteiger partial charge < -0.3 is 10.1 Å². The minimum atomic E-state index is -4.94. The first kappa shape index (κ1) is 25.7. The van der Waals surface area contributed by atoms with Crippen LogP contribution in [-0.4, -0.2) is 55.3 Å². The van der Waals surface area contributed by atoms with Gasteiger partial charge in [-0.05, 0) is 59.0 Å². The Kier molecular flexibility index (Phi) is 6.39. The average molecular weight is 541 g/mol. The zero-order chi connectivity index (χ0) is 27.1. The number of nitrogens with one attached hydrogen (secondary N) is 2. The van der Waals surface area contributed by atoms with Gasteiger partial charge in [-0.2, -0.15) is 31.4 Å². The van der Waals surface area contributed by atoms with E-state index in [9.17, 15) is 31.1 Å². The van der Waals surface area contributed by atoms with Crippen LogP contribution in [0.4, 0.5) is 26.3 Å². The molecule has 1 aliphatic heterocycles. The van der Waals surface area contributed by atoms with Crippen LogP contribution >= 0.6 is 0 Å². The van der Waals surface area contributed by atoms with Crippen LogP contribution in [0.1, 0.15) is 55.2 Å². The average Bonchev–Trinajstić information content (AvgIpc) is 3.34. The molecule has 15 heteroatoms. The molecule has 3 aromatic rings. The van der Waals surface area contributed by atoms with E-state index in [2.05, 4.69) is 31.0 Å². The van der Waals surface area contributed by atoms with Crippen molar-refractivity contribution >= 4 is 17.1 Å². The normalized spacial score (nSPS) is 20.5. The third-order valence-electron chi connectivity index (χ3n) is 6.42. The maximum absolute atomic E-state index is 14.8. The van der Waals surface area contributed by atoms with Gasteiger partial charge in [0.05, 0.1) is 23.9 Å². The summed E-state index contributed by atoms with van der Waals surface area (Å²) in [5, 5.41) is 19.6. The van der Waals surface area contributed by atoms with E-state index >= 15 is 0 Å². The van der Waals surface area contributed by atoms with E-state index in [0.29, 0.717) is 0 Å². The van der Waals surface area contributed by atoms with Crippen molar-refractivity contribution in [1.82, 2.24) is 35.7 Å². The van der Waals surface area contributed by atoms with Crippen molar-refractivity contribution in [2.45, 2.75) is 56.0 Å². The van der Waals surface area contributed by atoms with Crippen LogP contribution in [0.3, 0.4) is 0 Å². The molecule has 2 N–H and O–H groups in total. The van der Waals surface area contributed by atoms with Gasteiger partial charge in [0.2, 0.25) is 0 Å². The molecule has 1 amide bonds. The summed E-state index contributed by atoms with van der Waals surface area (Å²) in [5.41, 5.74) is -3.06. The van der Waals surface area contributed by atoms with Crippen LogP contribution in [0.25, 0.3) is 11.1 Å². The lowest BCUT2D eigenvalue weighted by Crippen LogP contribution is -2.58. The molecule has 5 rings (SSSR count). The minimum absolute atomic E-state index is 0.0107. The molecule has 0 unspecified atom stereocenters. The summed E-state index contributed by atoms with van der Waals surface area (Å²) in [5.74, 6) is -1.05. The fraction of sp³-hybridized carbons (Fsp3) is 0.435. The highest BCUT2D eigenvalue weighted by atomic mass is 19.4. The number of halogens is 6. The Morgan fingerprint density at radius 2 is 1.82 bits per heavy atom. The van der Waals surface area contributed by atoms with Crippen LogP contribution in [0.5, 0.6) is 5.75 Å². The highest BCUT2D eigenvalue weighted by Crippen LogP contribution is 2.49. The lowest BCUT2D eigenvalue weighted by molar-refractivity contribution is -0.201. The Morgan fingerprint density at radius 3 is 2.42 bits per heavy atom. The Hall–Kier alpha value is -3.91. The number of benzene rings is 1. The summed E-state index contributed by atoms with van der Waals surface area (Å²) < 4.78 is 88.2. The number of carbonyl (C=O) groups excluding carboxylic acids is 1. The van der Waals surface area contributed by atoms with Crippen molar-refractivity contribution < 1.29 is 35.9 Å². The standard InChI is InChI=1S/C23H21F6N7O2/c24-22(25,26)9-1-11-38-15-6-2-13(3-7-15)21(23(27,28)29)12-16(17-8-10-36(33-17)14-4-5-14)18(20(37)30-21)19-31-34-35-32-19/h2-3,6-8,10,14H,1,4-5,9,11-12H2,(H,30,37)(H,31,32,34,35)/t21-/m0/s1. The number of aromatic nitrogens is 6. The minimum Gasteiger partial charge on any atom is -0.494 e. The third kappa shape index (κ3) is 5.09. The molecule has 202 valence electrons. The van der Waals surface area contributed by atoms with Crippen LogP contribution < -0.4 is 10.1 Å². The van der Waals surface area contributed by atoms with Crippen LogP contribution in [0, 0.1) is 0 Å². The molecule has 1 aliphatic carbocycles. The second-order valence-corrected chi connectivity index (χ2v) is 9.14. The summed E-state index contributed by atoms with van der Waals surface area (Å²) in [6, 6.07) is 6.43. The largest absolute Gasteiger partial charge is 0.494 e. The van der Waals surface area contributed by atoms with E-state index in [1.165, 1.54) is 12.1 Å². The first-order valence-corrected chi connectivity index (χ1v) is 11.7. The summed E-state index contributed by atoms with van der Waals surface area (Å²) in [7, 11) is 0. The van der Waals surface area contributed by atoms with Crippen molar-refractivity contribution in [1.29, 1.82) is 0 Å². The van der Waals surface area contributed by atoms with Crippen molar-refractivity contribution in [2.24, 2.45) is 0 Å². The lowest BCUT2D eigenvalue weighted by Gasteiger charge is -2.41. The van der Waals surface area contributed by atoms with Gasteiger partial charge in [-0.25, -0.2) is 5.10 Å². The molecular formula is C23H21F6N7O2. The molecule has 1 atom stereocenters. The molecular weight excluding hydrogens is 520 g/mol. The molecule has 1 fully saturated rings. The summed E-state index contributed by atoms with van der Waals surface area (Å²) in [4.78, 5) is 13.3. The second kappa shape index (κ2) is 9.44. The molecule has 0 bridgehead atoms. The molecule has 2 aliphatic rings. The first-order chi connectivity index (χ1) is 18.0. The summed E-state index contributed by atoms with van der Waals surface area (Å²) in [6.07, 6.45) is -7.85. The third-order valence-corrected chi connectivity index (χ3v) is 6.42. The number of H-pyrrole nitrogens is 1. The molecule has 1 saturated carbocycles. The van der Waals surface area contributed by atoms with Gasteiger partial charge in [0, 0.05) is 19.0 Å². The number of rotatable bonds is 8. The Balaban J connectivity index is 1.49. The van der Waals surface area contributed by atoms with E-state index in [4.69, 9.17) is 4.74 Å². The predicted molar refractivity (Wildman–Crippen MR) is 119 cm³/mol. The maximum atomic E-state index is 14.8. The monoisotopic (exact) mass is 541 g/mol. The lowest BCUT2D eigenvalue weighted by atomic mass is 9.77. The maximum Gasteiger partial charge on any atom is 0.416 e.